The molecule has 21 heavy (non-hydrogen) atoms. The van der Waals surface area contributed by atoms with Gasteiger partial charge in [0.05, 0.1) is 7.11 Å². The van der Waals surface area contributed by atoms with E-state index in [1.165, 1.54) is 12.1 Å². The highest BCUT2D eigenvalue weighted by molar-refractivity contribution is 5.79. The molecule has 108 valence electrons. The van der Waals surface area contributed by atoms with Crippen LogP contribution >= 0.6 is 0 Å². The Bertz CT molecular complexity index is 657. The van der Waals surface area contributed by atoms with Gasteiger partial charge in [0, 0.05) is 12.0 Å². The molecule has 0 bridgehead atoms. The molecule has 0 aliphatic heterocycles. The van der Waals surface area contributed by atoms with Gasteiger partial charge in [0.25, 0.3) is 0 Å². The predicted octanol–water partition coefficient (Wildman–Crippen LogP) is 4.14. The third-order valence-corrected chi connectivity index (χ3v) is 3.08. The molecule has 0 unspecified atom stereocenters. The largest absolute Gasteiger partial charge is 0.496 e. The molecule has 2 aromatic carbocycles. The summed E-state index contributed by atoms with van der Waals surface area (Å²) in [4.78, 5) is 11.2. The summed E-state index contributed by atoms with van der Waals surface area (Å²) in [5, 5.41) is 0. The van der Waals surface area contributed by atoms with E-state index in [1.54, 1.807) is 26.2 Å². The van der Waals surface area contributed by atoms with E-state index in [0.29, 0.717) is 12.2 Å². The minimum absolute atomic E-state index is 0.117. The van der Waals surface area contributed by atoms with Crippen molar-refractivity contribution in [3.8, 4) is 5.75 Å². The second-order valence-corrected chi connectivity index (χ2v) is 4.84. The highest BCUT2D eigenvalue weighted by Gasteiger charge is 2.04. The van der Waals surface area contributed by atoms with Crippen LogP contribution in [0.1, 0.15) is 23.6 Å². The molecule has 2 aromatic rings. The first-order valence-electron chi connectivity index (χ1n) is 6.68. The van der Waals surface area contributed by atoms with Crippen LogP contribution in [0.25, 0.3) is 12.2 Å². The Kier molecular flexibility index (Phi) is 4.88. The van der Waals surface area contributed by atoms with E-state index < -0.39 is 0 Å². The van der Waals surface area contributed by atoms with E-state index in [9.17, 15) is 9.18 Å². The molecule has 0 N–H and O–H groups in total. The fourth-order valence-corrected chi connectivity index (χ4v) is 2.05. The molecule has 0 saturated heterocycles. The molecular weight excluding hydrogens is 267 g/mol. The molecule has 0 aromatic heterocycles. The van der Waals surface area contributed by atoms with Crippen LogP contribution in [-0.4, -0.2) is 12.9 Å². The summed E-state index contributed by atoms with van der Waals surface area (Å²) >= 11 is 0. The monoisotopic (exact) mass is 284 g/mol. The minimum atomic E-state index is -0.252. The minimum Gasteiger partial charge on any atom is -0.496 e. The summed E-state index contributed by atoms with van der Waals surface area (Å²) in [6, 6.07) is 12.0. The number of carbonyl (C=O) groups excluding carboxylic acids is 1. The van der Waals surface area contributed by atoms with Crippen molar-refractivity contribution in [1.82, 2.24) is 0 Å². The maximum atomic E-state index is 12.8. The molecule has 2 nitrogen and oxygen atoms in total. The van der Waals surface area contributed by atoms with E-state index in [1.807, 2.05) is 30.4 Å². The van der Waals surface area contributed by atoms with Crippen LogP contribution in [0.2, 0.25) is 0 Å². The van der Waals surface area contributed by atoms with Gasteiger partial charge in [-0.1, -0.05) is 36.4 Å². The van der Waals surface area contributed by atoms with Crippen molar-refractivity contribution in [3.63, 3.8) is 0 Å². The Morgan fingerprint density at radius 2 is 1.86 bits per heavy atom. The predicted molar refractivity (Wildman–Crippen MR) is 82.7 cm³/mol. The van der Waals surface area contributed by atoms with Crippen LogP contribution in [0.4, 0.5) is 4.39 Å². The lowest BCUT2D eigenvalue weighted by molar-refractivity contribution is -0.116. The topological polar surface area (TPSA) is 26.3 Å². The molecule has 0 fully saturated rings. The summed E-state index contributed by atoms with van der Waals surface area (Å²) in [5.74, 6) is 0.581. The lowest BCUT2D eigenvalue weighted by Gasteiger charge is -2.07. The maximum absolute atomic E-state index is 12.8. The molecule has 0 aliphatic carbocycles. The first-order valence-corrected chi connectivity index (χ1v) is 6.68. The third kappa shape index (κ3) is 4.28. The van der Waals surface area contributed by atoms with Gasteiger partial charge in [-0.05, 0) is 36.2 Å². The van der Waals surface area contributed by atoms with Crippen molar-refractivity contribution >= 4 is 17.9 Å². The highest BCUT2D eigenvalue weighted by Crippen LogP contribution is 2.23. The van der Waals surface area contributed by atoms with Gasteiger partial charge in [0.15, 0.2) is 0 Å². The Balaban J connectivity index is 2.22. The molecule has 2 rings (SSSR count). The van der Waals surface area contributed by atoms with Gasteiger partial charge in [-0.2, -0.15) is 0 Å². The lowest BCUT2D eigenvalue weighted by Crippen LogP contribution is -1.97. The maximum Gasteiger partial charge on any atom is 0.134 e. The summed E-state index contributed by atoms with van der Waals surface area (Å²) in [5.41, 5.74) is 2.75. The highest BCUT2D eigenvalue weighted by atomic mass is 19.1. The smallest absolute Gasteiger partial charge is 0.134 e. The fourth-order valence-electron chi connectivity index (χ4n) is 2.05. The van der Waals surface area contributed by atoms with Gasteiger partial charge in [-0.15, -0.1) is 0 Å². The summed E-state index contributed by atoms with van der Waals surface area (Å²) in [7, 11) is 1.60. The van der Waals surface area contributed by atoms with Crippen LogP contribution in [0.5, 0.6) is 5.75 Å². The lowest BCUT2D eigenvalue weighted by atomic mass is 10.0. The van der Waals surface area contributed by atoms with Gasteiger partial charge in [0.1, 0.15) is 17.3 Å². The standard InChI is InChI=1S/C18H17FO2/c1-13(20)11-15-4-8-16(18(12-15)21-2)7-3-14-5-9-17(19)10-6-14/h3-10,12H,11H2,1-2H3. The zero-order valence-electron chi connectivity index (χ0n) is 12.1. The van der Waals surface area contributed by atoms with Gasteiger partial charge in [-0.25, -0.2) is 4.39 Å². The van der Waals surface area contributed by atoms with Crippen molar-refractivity contribution in [1.29, 1.82) is 0 Å². The average Bonchev–Trinajstić information content (AvgIpc) is 2.47. The Labute approximate surface area is 123 Å². The molecule has 0 amide bonds. The number of halogens is 1. The van der Waals surface area contributed by atoms with E-state index in [2.05, 4.69) is 0 Å². The molecule has 0 saturated carbocycles. The summed E-state index contributed by atoms with van der Waals surface area (Å²) in [6.45, 7) is 1.56. The number of rotatable bonds is 5. The number of methoxy groups -OCH3 is 1. The van der Waals surface area contributed by atoms with Crippen molar-refractivity contribution in [2.45, 2.75) is 13.3 Å². The SMILES string of the molecule is COc1cc(CC(C)=O)ccc1C=Cc1ccc(F)cc1. The average molecular weight is 284 g/mol. The zero-order chi connectivity index (χ0) is 15.2. The third-order valence-electron chi connectivity index (χ3n) is 3.08. The number of ether oxygens (including phenoxy) is 1. The number of benzene rings is 2. The summed E-state index contributed by atoms with van der Waals surface area (Å²) < 4.78 is 18.2. The van der Waals surface area contributed by atoms with Crippen molar-refractivity contribution < 1.29 is 13.9 Å². The van der Waals surface area contributed by atoms with Crippen LogP contribution in [0, 0.1) is 5.82 Å². The number of carbonyl (C=O) groups is 1. The summed E-state index contributed by atoms with van der Waals surface area (Å²) in [6.07, 6.45) is 4.20. The Morgan fingerprint density at radius 3 is 2.48 bits per heavy atom. The molecule has 0 heterocycles. The van der Waals surface area contributed by atoms with Crippen LogP contribution in [-0.2, 0) is 11.2 Å². The zero-order valence-corrected chi connectivity index (χ0v) is 12.1. The molecule has 0 radical (unpaired) electrons. The van der Waals surface area contributed by atoms with Gasteiger partial charge < -0.3 is 4.74 Å². The number of hydrogen-bond donors (Lipinski definition) is 0. The normalized spacial score (nSPS) is 10.8. The Morgan fingerprint density at radius 1 is 1.14 bits per heavy atom. The molecule has 0 spiro atoms. The van der Waals surface area contributed by atoms with Gasteiger partial charge in [-0.3, -0.25) is 4.79 Å². The van der Waals surface area contributed by atoms with E-state index in [0.717, 1.165) is 16.7 Å². The van der Waals surface area contributed by atoms with Crippen molar-refractivity contribution in [2.24, 2.45) is 0 Å². The number of Topliss-reactive ketones (excluding diaryl/α,β-unsaturated/α-hetero) is 1. The van der Waals surface area contributed by atoms with E-state index in [4.69, 9.17) is 4.74 Å². The molecular formula is C18H17FO2. The van der Waals surface area contributed by atoms with Crippen LogP contribution < -0.4 is 4.74 Å². The number of hydrogen-bond acceptors (Lipinski definition) is 2. The molecule has 0 aliphatic rings. The van der Waals surface area contributed by atoms with Gasteiger partial charge in [0.2, 0.25) is 0 Å². The molecule has 0 atom stereocenters. The molecule has 3 heteroatoms. The van der Waals surface area contributed by atoms with Crippen molar-refractivity contribution in [3.05, 3.63) is 65.0 Å². The number of ketones is 1. The quantitative estimate of drug-likeness (QED) is 0.771. The van der Waals surface area contributed by atoms with Crippen LogP contribution in [0.15, 0.2) is 42.5 Å². The van der Waals surface area contributed by atoms with Gasteiger partial charge >= 0.3 is 0 Å². The van der Waals surface area contributed by atoms with Crippen molar-refractivity contribution in [2.75, 3.05) is 7.11 Å². The Hall–Kier alpha value is -2.42. The van der Waals surface area contributed by atoms with E-state index in [-0.39, 0.29) is 11.6 Å². The van der Waals surface area contributed by atoms with E-state index >= 15 is 0 Å². The first-order chi connectivity index (χ1) is 10.1. The fraction of sp³-hybridized carbons (Fsp3) is 0.167. The second-order valence-electron chi connectivity index (χ2n) is 4.84. The first kappa shape index (κ1) is 15.0. The second kappa shape index (κ2) is 6.84. The van der Waals surface area contributed by atoms with Crippen LogP contribution in [0.3, 0.4) is 0 Å².